The monoisotopic (exact) mass is 316 g/mol. The van der Waals surface area contributed by atoms with Crippen molar-refractivity contribution < 1.29 is 14.3 Å². The van der Waals surface area contributed by atoms with E-state index in [0.717, 1.165) is 19.3 Å². The lowest BCUT2D eigenvalue weighted by Crippen LogP contribution is -2.43. The Hall–Kier alpha value is -1.88. The zero-order valence-corrected chi connectivity index (χ0v) is 13.3. The van der Waals surface area contributed by atoms with E-state index in [1.807, 2.05) is 6.07 Å². The molecule has 0 aromatic heterocycles. The summed E-state index contributed by atoms with van der Waals surface area (Å²) in [7, 11) is 0. The van der Waals surface area contributed by atoms with Gasteiger partial charge in [0.25, 0.3) is 5.91 Å². The summed E-state index contributed by atoms with van der Waals surface area (Å²) in [6.45, 7) is 0.579. The third kappa shape index (κ3) is 4.10. The molecule has 2 N–H and O–H groups in total. The maximum atomic E-state index is 12.0. The van der Waals surface area contributed by atoms with Crippen LogP contribution in [0, 0.1) is 0 Å². The molecule has 0 radical (unpaired) electrons. The average Bonchev–Trinajstić information content (AvgIpc) is 2.96. The van der Waals surface area contributed by atoms with Crippen LogP contribution in [0.4, 0.5) is 0 Å². The molecule has 3 rings (SSSR count). The minimum Gasteiger partial charge on any atom is -0.373 e. The van der Waals surface area contributed by atoms with Gasteiger partial charge in [0.05, 0.1) is 24.8 Å². The van der Waals surface area contributed by atoms with Gasteiger partial charge in [0.1, 0.15) is 0 Å². The minimum absolute atomic E-state index is 0.00275. The summed E-state index contributed by atoms with van der Waals surface area (Å²) in [5.74, 6) is -0.386. The largest absolute Gasteiger partial charge is 0.373 e. The van der Waals surface area contributed by atoms with Crippen molar-refractivity contribution in [2.75, 3.05) is 13.2 Å². The standard InChI is InChI=1S/C18H24N2O3/c21-16(12-19-17(22)14-7-3-1-4-8-14)20-15-11-18(23-13-15)9-5-2-6-10-18/h1,3-4,7-8,15H,2,5-6,9-13H2,(H,19,22)(H,20,21)/t15-/m1/s1. The van der Waals surface area contributed by atoms with Crippen molar-refractivity contribution >= 4 is 11.8 Å². The molecule has 5 heteroatoms. The molecule has 0 unspecified atom stereocenters. The SMILES string of the molecule is O=C(CNC(=O)c1ccccc1)N[C@H]1COC2(CCCCC2)C1. The van der Waals surface area contributed by atoms with Crippen LogP contribution in [0.5, 0.6) is 0 Å². The molecule has 1 aromatic carbocycles. The topological polar surface area (TPSA) is 67.4 Å². The molecule has 2 amide bonds. The summed E-state index contributed by atoms with van der Waals surface area (Å²) in [5.41, 5.74) is 0.550. The fourth-order valence-electron chi connectivity index (χ4n) is 3.61. The lowest BCUT2D eigenvalue weighted by Gasteiger charge is -2.32. The Labute approximate surface area is 136 Å². The number of amides is 2. The van der Waals surface area contributed by atoms with Crippen molar-refractivity contribution in [2.45, 2.75) is 50.2 Å². The van der Waals surface area contributed by atoms with Crippen LogP contribution >= 0.6 is 0 Å². The van der Waals surface area contributed by atoms with Gasteiger partial charge in [0.15, 0.2) is 0 Å². The Balaban J connectivity index is 1.42. The summed E-state index contributed by atoms with van der Waals surface area (Å²) in [5, 5.41) is 5.63. The molecule has 1 spiro atoms. The van der Waals surface area contributed by atoms with E-state index in [4.69, 9.17) is 4.74 Å². The number of ether oxygens (including phenoxy) is 1. The number of carbonyl (C=O) groups is 2. The van der Waals surface area contributed by atoms with Gasteiger partial charge >= 0.3 is 0 Å². The van der Waals surface area contributed by atoms with Crippen LogP contribution in [0.3, 0.4) is 0 Å². The second kappa shape index (κ2) is 7.13. The smallest absolute Gasteiger partial charge is 0.251 e. The zero-order valence-electron chi connectivity index (χ0n) is 13.3. The van der Waals surface area contributed by atoms with Crippen LogP contribution in [0.15, 0.2) is 30.3 Å². The normalized spacial score (nSPS) is 22.7. The molecular formula is C18H24N2O3. The van der Waals surface area contributed by atoms with E-state index < -0.39 is 0 Å². The summed E-state index contributed by atoms with van der Waals surface area (Å²) >= 11 is 0. The van der Waals surface area contributed by atoms with E-state index in [1.165, 1.54) is 19.3 Å². The molecule has 2 aliphatic rings. The highest BCUT2D eigenvalue weighted by molar-refractivity contribution is 5.96. The Morgan fingerprint density at radius 2 is 1.87 bits per heavy atom. The van der Waals surface area contributed by atoms with E-state index in [9.17, 15) is 9.59 Å². The second-order valence-electron chi connectivity index (χ2n) is 6.57. The third-order valence-electron chi connectivity index (χ3n) is 4.78. The van der Waals surface area contributed by atoms with Gasteiger partial charge in [-0.3, -0.25) is 9.59 Å². The lowest BCUT2D eigenvalue weighted by molar-refractivity contribution is -0.120. The van der Waals surface area contributed by atoms with Gasteiger partial charge in [0.2, 0.25) is 5.91 Å². The molecule has 2 fully saturated rings. The first-order valence-corrected chi connectivity index (χ1v) is 8.43. The van der Waals surface area contributed by atoms with Crippen molar-refractivity contribution in [2.24, 2.45) is 0 Å². The van der Waals surface area contributed by atoms with E-state index in [1.54, 1.807) is 24.3 Å². The molecule has 1 aromatic rings. The summed E-state index contributed by atoms with van der Waals surface area (Å²) in [4.78, 5) is 23.9. The predicted octanol–water partition coefficient (Wildman–Crippen LogP) is 2.02. The molecule has 1 atom stereocenters. The Kier molecular flexibility index (Phi) is 4.96. The molecule has 124 valence electrons. The van der Waals surface area contributed by atoms with Crippen LogP contribution in [-0.2, 0) is 9.53 Å². The summed E-state index contributed by atoms with van der Waals surface area (Å²) in [6.07, 6.45) is 6.81. The zero-order chi connectivity index (χ0) is 16.1. The maximum absolute atomic E-state index is 12.0. The molecule has 1 heterocycles. The van der Waals surface area contributed by atoms with E-state index in [0.29, 0.717) is 12.2 Å². The fourth-order valence-corrected chi connectivity index (χ4v) is 3.61. The van der Waals surface area contributed by atoms with Gasteiger partial charge < -0.3 is 15.4 Å². The van der Waals surface area contributed by atoms with Crippen LogP contribution < -0.4 is 10.6 Å². The highest BCUT2D eigenvalue weighted by atomic mass is 16.5. The number of carbonyl (C=O) groups excluding carboxylic acids is 2. The molecule has 1 saturated carbocycles. The molecule has 1 aliphatic carbocycles. The first-order valence-electron chi connectivity index (χ1n) is 8.43. The van der Waals surface area contributed by atoms with Gasteiger partial charge in [-0.05, 0) is 31.4 Å². The molecule has 1 saturated heterocycles. The number of hydrogen-bond donors (Lipinski definition) is 2. The van der Waals surface area contributed by atoms with Gasteiger partial charge in [-0.15, -0.1) is 0 Å². The van der Waals surface area contributed by atoms with E-state index in [2.05, 4.69) is 10.6 Å². The average molecular weight is 316 g/mol. The first kappa shape index (κ1) is 16.0. The number of hydrogen-bond acceptors (Lipinski definition) is 3. The minimum atomic E-state index is -0.229. The molecular weight excluding hydrogens is 292 g/mol. The predicted molar refractivity (Wildman–Crippen MR) is 87.1 cm³/mol. The summed E-state index contributed by atoms with van der Waals surface area (Å²) in [6, 6.07) is 8.97. The second-order valence-corrected chi connectivity index (χ2v) is 6.57. The Bertz CT molecular complexity index is 553. The van der Waals surface area contributed by atoms with Gasteiger partial charge in [-0.2, -0.15) is 0 Å². The van der Waals surface area contributed by atoms with Crippen LogP contribution in [-0.4, -0.2) is 36.6 Å². The van der Waals surface area contributed by atoms with Crippen molar-refractivity contribution in [3.8, 4) is 0 Å². The van der Waals surface area contributed by atoms with E-state index in [-0.39, 0.29) is 30.0 Å². The van der Waals surface area contributed by atoms with Gasteiger partial charge in [0, 0.05) is 5.56 Å². The van der Waals surface area contributed by atoms with Crippen molar-refractivity contribution in [3.05, 3.63) is 35.9 Å². The quantitative estimate of drug-likeness (QED) is 0.893. The van der Waals surface area contributed by atoms with Crippen LogP contribution in [0.2, 0.25) is 0 Å². The van der Waals surface area contributed by atoms with Crippen molar-refractivity contribution in [1.82, 2.24) is 10.6 Å². The highest BCUT2D eigenvalue weighted by Crippen LogP contribution is 2.39. The maximum Gasteiger partial charge on any atom is 0.251 e. The van der Waals surface area contributed by atoms with E-state index >= 15 is 0 Å². The Morgan fingerprint density at radius 1 is 1.13 bits per heavy atom. The molecule has 23 heavy (non-hydrogen) atoms. The van der Waals surface area contributed by atoms with Gasteiger partial charge in [-0.25, -0.2) is 0 Å². The van der Waals surface area contributed by atoms with Crippen LogP contribution in [0.25, 0.3) is 0 Å². The Morgan fingerprint density at radius 3 is 2.61 bits per heavy atom. The first-order chi connectivity index (χ1) is 11.2. The lowest BCUT2D eigenvalue weighted by atomic mass is 9.82. The molecule has 0 bridgehead atoms. The number of benzene rings is 1. The van der Waals surface area contributed by atoms with Crippen molar-refractivity contribution in [1.29, 1.82) is 0 Å². The van der Waals surface area contributed by atoms with Gasteiger partial charge in [-0.1, -0.05) is 37.5 Å². The molecule has 5 nitrogen and oxygen atoms in total. The van der Waals surface area contributed by atoms with Crippen molar-refractivity contribution in [3.63, 3.8) is 0 Å². The third-order valence-corrected chi connectivity index (χ3v) is 4.78. The highest BCUT2D eigenvalue weighted by Gasteiger charge is 2.41. The summed E-state index contributed by atoms with van der Waals surface area (Å²) < 4.78 is 5.99. The number of rotatable bonds is 4. The number of nitrogens with one attached hydrogen (secondary N) is 2. The molecule has 1 aliphatic heterocycles. The fraction of sp³-hybridized carbons (Fsp3) is 0.556. The van der Waals surface area contributed by atoms with Crippen LogP contribution in [0.1, 0.15) is 48.9 Å².